The van der Waals surface area contributed by atoms with Crippen molar-refractivity contribution in [3.63, 3.8) is 0 Å². The highest BCUT2D eigenvalue weighted by atomic mass is 16.5. The van der Waals surface area contributed by atoms with Crippen molar-refractivity contribution in [1.82, 2.24) is 9.88 Å². The third kappa shape index (κ3) is 1.85. The summed E-state index contributed by atoms with van der Waals surface area (Å²) in [6, 6.07) is 5.67. The molecule has 4 heterocycles. The lowest BCUT2D eigenvalue weighted by Gasteiger charge is -2.54. The first-order valence-corrected chi connectivity index (χ1v) is 7.69. The standard InChI is InChI=1S/C16H23N3O/c1-12-3-6-15(17-7-12)18-8-13-4-5-14(9-18)19(13)16(2)10-20-11-16/h3,6-7,13-14H,4-5,8-11H2,1-2H3. The Hall–Kier alpha value is -1.13. The van der Waals surface area contributed by atoms with Crippen LogP contribution in [0.1, 0.15) is 25.3 Å². The summed E-state index contributed by atoms with van der Waals surface area (Å²) in [6.45, 7) is 8.49. The molecule has 2 bridgehead atoms. The number of hydrogen-bond acceptors (Lipinski definition) is 4. The fourth-order valence-electron chi connectivity index (χ4n) is 4.17. The van der Waals surface area contributed by atoms with Crippen LogP contribution in [0.25, 0.3) is 0 Å². The molecule has 0 aliphatic carbocycles. The normalized spacial score (nSPS) is 32.2. The number of ether oxygens (including phenoxy) is 1. The van der Waals surface area contributed by atoms with Gasteiger partial charge < -0.3 is 9.64 Å². The van der Waals surface area contributed by atoms with E-state index in [1.54, 1.807) is 0 Å². The molecule has 2 atom stereocenters. The summed E-state index contributed by atoms with van der Waals surface area (Å²) in [5, 5.41) is 0. The molecular weight excluding hydrogens is 250 g/mol. The lowest BCUT2D eigenvalue weighted by atomic mass is 9.94. The smallest absolute Gasteiger partial charge is 0.128 e. The van der Waals surface area contributed by atoms with Crippen molar-refractivity contribution in [3.8, 4) is 0 Å². The predicted molar refractivity (Wildman–Crippen MR) is 79.1 cm³/mol. The van der Waals surface area contributed by atoms with Crippen molar-refractivity contribution in [2.24, 2.45) is 0 Å². The van der Waals surface area contributed by atoms with Gasteiger partial charge in [-0.3, -0.25) is 4.90 Å². The second-order valence-corrected chi connectivity index (χ2v) is 6.88. The molecule has 4 heteroatoms. The quantitative estimate of drug-likeness (QED) is 0.822. The molecule has 0 saturated carbocycles. The Bertz CT molecular complexity index is 483. The summed E-state index contributed by atoms with van der Waals surface area (Å²) in [6.07, 6.45) is 4.62. The molecule has 0 amide bonds. The van der Waals surface area contributed by atoms with Gasteiger partial charge >= 0.3 is 0 Å². The van der Waals surface area contributed by atoms with Crippen molar-refractivity contribution in [2.75, 3.05) is 31.2 Å². The average Bonchev–Trinajstić information content (AvgIpc) is 2.68. The van der Waals surface area contributed by atoms with E-state index in [1.165, 1.54) is 18.4 Å². The van der Waals surface area contributed by atoms with Crippen LogP contribution in [0.3, 0.4) is 0 Å². The third-order valence-electron chi connectivity index (χ3n) is 5.15. The number of nitrogens with zero attached hydrogens (tertiary/aromatic N) is 3. The van der Waals surface area contributed by atoms with Gasteiger partial charge in [-0.1, -0.05) is 6.07 Å². The first kappa shape index (κ1) is 12.6. The molecule has 20 heavy (non-hydrogen) atoms. The van der Waals surface area contributed by atoms with Crippen LogP contribution in [-0.2, 0) is 4.74 Å². The fraction of sp³-hybridized carbons (Fsp3) is 0.688. The van der Waals surface area contributed by atoms with Crippen molar-refractivity contribution >= 4 is 5.82 Å². The van der Waals surface area contributed by atoms with Gasteiger partial charge in [0.05, 0.1) is 18.8 Å². The number of piperazine rings is 1. The van der Waals surface area contributed by atoms with Gasteiger partial charge in [-0.15, -0.1) is 0 Å². The van der Waals surface area contributed by atoms with Crippen LogP contribution in [0.2, 0.25) is 0 Å². The summed E-state index contributed by atoms with van der Waals surface area (Å²) >= 11 is 0. The molecule has 0 aromatic carbocycles. The summed E-state index contributed by atoms with van der Waals surface area (Å²) in [7, 11) is 0. The summed E-state index contributed by atoms with van der Waals surface area (Å²) in [4.78, 5) is 9.83. The Balaban J connectivity index is 1.54. The number of aromatic nitrogens is 1. The number of rotatable bonds is 2. The average molecular weight is 273 g/mol. The molecule has 1 aromatic heterocycles. The summed E-state index contributed by atoms with van der Waals surface area (Å²) in [5.41, 5.74) is 1.52. The van der Waals surface area contributed by atoms with Crippen LogP contribution < -0.4 is 4.90 Å². The minimum absolute atomic E-state index is 0.290. The first-order chi connectivity index (χ1) is 9.66. The van der Waals surface area contributed by atoms with E-state index < -0.39 is 0 Å². The SMILES string of the molecule is Cc1ccc(N2CC3CCC(C2)N3C2(C)COC2)nc1. The summed E-state index contributed by atoms with van der Waals surface area (Å²) in [5.74, 6) is 1.14. The van der Waals surface area contributed by atoms with Gasteiger partial charge in [-0.2, -0.15) is 0 Å². The fourth-order valence-corrected chi connectivity index (χ4v) is 4.17. The van der Waals surface area contributed by atoms with Crippen LogP contribution in [0, 0.1) is 6.92 Å². The van der Waals surface area contributed by atoms with E-state index in [0.717, 1.165) is 32.1 Å². The molecular formula is C16H23N3O. The minimum Gasteiger partial charge on any atom is -0.377 e. The lowest BCUT2D eigenvalue weighted by Crippen LogP contribution is -2.68. The topological polar surface area (TPSA) is 28.6 Å². The molecule has 2 unspecified atom stereocenters. The zero-order valence-electron chi connectivity index (χ0n) is 12.4. The molecule has 4 nitrogen and oxygen atoms in total. The molecule has 3 fully saturated rings. The Morgan fingerprint density at radius 2 is 1.90 bits per heavy atom. The molecule has 3 aliphatic rings. The molecule has 108 valence electrons. The van der Waals surface area contributed by atoms with Gasteiger partial charge in [0.25, 0.3) is 0 Å². The van der Waals surface area contributed by atoms with Crippen LogP contribution in [0.5, 0.6) is 0 Å². The second-order valence-electron chi connectivity index (χ2n) is 6.88. The van der Waals surface area contributed by atoms with Gasteiger partial charge in [-0.05, 0) is 38.3 Å². The van der Waals surface area contributed by atoms with Gasteiger partial charge in [0.15, 0.2) is 0 Å². The van der Waals surface area contributed by atoms with Crippen LogP contribution >= 0.6 is 0 Å². The van der Waals surface area contributed by atoms with Crippen molar-refractivity contribution in [3.05, 3.63) is 23.9 Å². The van der Waals surface area contributed by atoms with Crippen LogP contribution in [0.4, 0.5) is 5.82 Å². The number of pyridine rings is 1. The molecule has 1 aromatic rings. The van der Waals surface area contributed by atoms with Gasteiger partial charge in [-0.25, -0.2) is 4.98 Å². The Labute approximate surface area is 120 Å². The van der Waals surface area contributed by atoms with E-state index in [1.807, 2.05) is 6.20 Å². The number of aryl methyl sites for hydroxylation is 1. The zero-order valence-corrected chi connectivity index (χ0v) is 12.4. The second kappa shape index (κ2) is 4.43. The third-order valence-corrected chi connectivity index (χ3v) is 5.15. The zero-order chi connectivity index (χ0) is 13.7. The van der Waals surface area contributed by atoms with Crippen molar-refractivity contribution in [2.45, 2.75) is 44.3 Å². The molecule has 0 N–H and O–H groups in total. The van der Waals surface area contributed by atoms with E-state index in [-0.39, 0.29) is 0 Å². The molecule has 4 rings (SSSR count). The van der Waals surface area contributed by atoms with Crippen molar-refractivity contribution in [1.29, 1.82) is 0 Å². The van der Waals surface area contributed by atoms with Crippen LogP contribution in [-0.4, -0.2) is 53.8 Å². The Kier molecular flexibility index (Phi) is 2.79. The maximum Gasteiger partial charge on any atom is 0.128 e. The van der Waals surface area contributed by atoms with Crippen LogP contribution in [0.15, 0.2) is 18.3 Å². The maximum absolute atomic E-state index is 5.47. The lowest BCUT2D eigenvalue weighted by molar-refractivity contribution is -0.149. The van der Waals surface area contributed by atoms with Gasteiger partial charge in [0.1, 0.15) is 5.82 Å². The molecule has 0 radical (unpaired) electrons. The molecule has 3 saturated heterocycles. The highest BCUT2D eigenvalue weighted by Gasteiger charge is 2.51. The highest BCUT2D eigenvalue weighted by Crippen LogP contribution is 2.40. The largest absolute Gasteiger partial charge is 0.377 e. The van der Waals surface area contributed by atoms with Crippen molar-refractivity contribution < 1.29 is 4.74 Å². The number of fused-ring (bicyclic) bond motifs is 2. The Morgan fingerprint density at radius 1 is 1.20 bits per heavy atom. The maximum atomic E-state index is 5.47. The van der Waals surface area contributed by atoms with E-state index in [4.69, 9.17) is 4.74 Å². The predicted octanol–water partition coefficient (Wildman–Crippen LogP) is 1.83. The van der Waals surface area contributed by atoms with Gasteiger partial charge in [0, 0.05) is 31.4 Å². The van der Waals surface area contributed by atoms with Gasteiger partial charge in [0.2, 0.25) is 0 Å². The molecule has 3 aliphatic heterocycles. The minimum atomic E-state index is 0.290. The van der Waals surface area contributed by atoms with E-state index >= 15 is 0 Å². The molecule has 0 spiro atoms. The highest BCUT2D eigenvalue weighted by molar-refractivity contribution is 5.41. The first-order valence-electron chi connectivity index (χ1n) is 7.69. The van der Waals surface area contributed by atoms with E-state index in [9.17, 15) is 0 Å². The van der Waals surface area contributed by atoms with E-state index in [2.05, 4.69) is 40.8 Å². The van der Waals surface area contributed by atoms with E-state index in [0.29, 0.717) is 17.6 Å². The summed E-state index contributed by atoms with van der Waals surface area (Å²) < 4.78 is 5.47. The Morgan fingerprint density at radius 3 is 2.40 bits per heavy atom. The number of anilines is 1. The monoisotopic (exact) mass is 273 g/mol. The number of hydrogen-bond donors (Lipinski definition) is 0.